The van der Waals surface area contributed by atoms with Crippen molar-refractivity contribution in [1.82, 2.24) is 19.9 Å². The van der Waals surface area contributed by atoms with E-state index in [0.717, 1.165) is 118 Å². The van der Waals surface area contributed by atoms with Crippen molar-refractivity contribution in [1.29, 1.82) is 0 Å². The molecule has 0 spiro atoms. The Bertz CT molecular complexity index is 2990. The van der Waals surface area contributed by atoms with Gasteiger partial charge in [-0.2, -0.15) is 0 Å². The van der Waals surface area contributed by atoms with Crippen LogP contribution in [-0.2, 0) is 46.7 Å². The van der Waals surface area contributed by atoms with Gasteiger partial charge in [-0.05, 0) is 140 Å². The molecule has 5 rings (SSSR count). The van der Waals surface area contributed by atoms with E-state index in [2.05, 4.69) is 267 Å². The maximum absolute atomic E-state index is 6.20. The van der Waals surface area contributed by atoms with E-state index in [-0.39, 0.29) is 21.1 Å². The predicted octanol–water partition coefficient (Wildman–Crippen LogP) is 23.6. The van der Waals surface area contributed by atoms with Crippen LogP contribution in [0.25, 0.3) is 44.4 Å². The van der Waals surface area contributed by atoms with Gasteiger partial charge in [0.05, 0.1) is 22.8 Å². The number of hydrogen-bond donors (Lipinski definition) is 0. The monoisotopic (exact) mass is 1450 g/mol. The average Bonchev–Trinajstić information content (AvgIpc) is 1.65. The fourth-order valence-corrected chi connectivity index (χ4v) is 39.0. The second-order valence-corrected chi connectivity index (χ2v) is 52.3. The fourth-order valence-electron chi connectivity index (χ4n) is 18.2. The van der Waals surface area contributed by atoms with Crippen molar-refractivity contribution >= 4 is 76.7 Å². The van der Waals surface area contributed by atoms with E-state index in [9.17, 15) is 0 Å². The summed E-state index contributed by atoms with van der Waals surface area (Å²) in [7, 11) is -9.24. The molecular weight excluding hydrogens is 1320 g/mol. The fraction of sp³-hybridized carbons (Fsp3) is 0.650. The molecule has 0 fully saturated rings. The minimum absolute atomic E-state index is 0. The quantitative estimate of drug-likeness (QED) is 0.0836. The van der Waals surface area contributed by atoms with Gasteiger partial charge in [0.2, 0.25) is 0 Å². The summed E-state index contributed by atoms with van der Waals surface area (Å²) in [6.45, 7) is 77.1. The van der Waals surface area contributed by atoms with E-state index in [4.69, 9.17) is 19.9 Å². The van der Waals surface area contributed by atoms with E-state index in [1.807, 2.05) is 0 Å². The maximum atomic E-state index is 6.20. The molecule has 0 N–H and O–H groups in total. The molecule has 0 aliphatic carbocycles. The summed E-state index contributed by atoms with van der Waals surface area (Å²) >= 11 is 0. The summed E-state index contributed by atoms with van der Waals surface area (Å²) in [6.07, 6.45) is 6.39. The molecule has 9 heteroatoms. The third-order valence-electron chi connectivity index (χ3n) is 22.4. The molecule has 4 nitrogen and oxygen atoms in total. The van der Waals surface area contributed by atoms with E-state index >= 15 is 0 Å². The minimum Gasteiger partial charge on any atom is -0.655 e. The summed E-state index contributed by atoms with van der Waals surface area (Å²) in [5, 5.41) is 0. The second kappa shape index (κ2) is 31.6. The first kappa shape index (κ1) is 77.8. The number of allylic oxidation sites excluding steroid dienone is 4. The van der Waals surface area contributed by atoms with E-state index in [1.54, 1.807) is 0 Å². The first-order valence-corrected chi connectivity index (χ1v) is 44.5. The Morgan fingerprint density at radius 2 is 0.404 bits per heavy atom. The maximum Gasteiger partial charge on any atom is 2.00 e. The molecule has 2 aliphatic heterocycles. The van der Waals surface area contributed by atoms with Crippen LogP contribution in [0.1, 0.15) is 315 Å². The van der Waals surface area contributed by atoms with Gasteiger partial charge in [0.25, 0.3) is 0 Å². The minimum atomic E-state index is -2.31. The first-order chi connectivity index (χ1) is 41.2. The Balaban J connectivity index is 0.0000169. The van der Waals surface area contributed by atoms with Crippen molar-refractivity contribution < 1.29 is 21.1 Å². The van der Waals surface area contributed by atoms with Crippen LogP contribution in [0.15, 0.2) is 0 Å². The van der Waals surface area contributed by atoms with Gasteiger partial charge in [0.1, 0.15) is 32.3 Å². The van der Waals surface area contributed by atoms with Crippen LogP contribution >= 0.6 is 0 Å². The Kier molecular flexibility index (Phi) is 27.6. The van der Waals surface area contributed by atoms with Crippen molar-refractivity contribution in [2.24, 2.45) is 0 Å². The number of rotatable bonds is 20. The van der Waals surface area contributed by atoms with Crippen LogP contribution in [-0.4, -0.2) is 42.3 Å². The average molecular weight is 1450 g/mol. The Morgan fingerprint density at radius 1 is 0.258 bits per heavy atom. The molecule has 3 aromatic heterocycles. The molecule has 0 amide bonds. The molecule has 0 unspecified atom stereocenters. The summed E-state index contributed by atoms with van der Waals surface area (Å²) in [4.78, 5) is 24.8. The third-order valence-corrected chi connectivity index (χ3v) is 47.6. The van der Waals surface area contributed by atoms with Gasteiger partial charge in [0, 0.05) is 22.3 Å². The summed E-state index contributed by atoms with van der Waals surface area (Å²) in [6, 6.07) is 0. The van der Waals surface area contributed by atoms with E-state index in [1.165, 1.54) is 44.5 Å². The molecule has 0 radical (unpaired) electrons. The van der Waals surface area contributed by atoms with Gasteiger partial charge in [0.15, 0.2) is 0 Å². The smallest absolute Gasteiger partial charge is 0.655 e. The number of hydrogen-bond acceptors (Lipinski definition) is 2. The molecule has 5 heterocycles. The molecule has 2 aliphatic rings. The normalized spacial score (nSPS) is 13.5. The molecule has 3 aromatic rings. The Labute approximate surface area is 566 Å². The third kappa shape index (κ3) is 13.7. The zero-order valence-corrected chi connectivity index (χ0v) is 69.0. The summed E-state index contributed by atoms with van der Waals surface area (Å²) in [5.74, 6) is 16.8. The van der Waals surface area contributed by atoms with Crippen molar-refractivity contribution in [3.63, 3.8) is 0 Å². The largest absolute Gasteiger partial charge is 2.00 e. The van der Waals surface area contributed by atoms with Gasteiger partial charge >= 0.3 is 21.1 Å². The van der Waals surface area contributed by atoms with Crippen molar-refractivity contribution in [2.75, 3.05) is 0 Å². The number of aryl methyl sites for hydroxylation is 4. The van der Waals surface area contributed by atoms with Crippen LogP contribution in [0.3, 0.4) is 0 Å². The zero-order valence-electron chi connectivity index (χ0n) is 62.7. The van der Waals surface area contributed by atoms with Gasteiger partial charge in [-0.25, -0.2) is 9.97 Å². The topological polar surface area (TPSA) is 54.0 Å². The number of aromatic nitrogens is 4. The molecule has 0 aromatic carbocycles. The van der Waals surface area contributed by atoms with Crippen LogP contribution in [0.4, 0.5) is 0 Å². The van der Waals surface area contributed by atoms with Crippen molar-refractivity contribution in [3.05, 3.63) is 67.3 Å². The second-order valence-electron chi connectivity index (χ2n) is 30.0. The van der Waals surface area contributed by atoms with Crippen LogP contribution in [0.2, 0.25) is 66.5 Å². The van der Waals surface area contributed by atoms with Crippen molar-refractivity contribution in [3.8, 4) is 45.9 Å². The summed E-state index contributed by atoms with van der Waals surface area (Å²) in [5.41, 5.74) is 44.2. The Morgan fingerprint density at radius 3 is 0.517 bits per heavy atom. The number of fused-ring (bicyclic) bond motifs is 8. The van der Waals surface area contributed by atoms with Gasteiger partial charge in [-0.15, -0.1) is 44.2 Å². The van der Waals surface area contributed by atoms with Crippen LogP contribution in [0.5, 0.6) is 0 Å². The first-order valence-electron chi connectivity index (χ1n) is 35.6. The standard InChI is InChI=1S/C80H124N4Si4.Pt/c1-33-61-62(34-2)74-70(42-46-86(52(15)16,53(17)18)54(19)20)76-65(37-5)66(38-6)78(83-76)72(44-48-88(58(27)28,59(29)30)60(31)32)80-68(40-8)67(39-7)79(84-80)71(43-47-87(55(21)22,56(23)24)57(25)26)77-64(36-4)63(35-3)75(82-77)69(73(61)81-74)41-45-85(49(9)10,50(11)12)51(13)14;/h49-60H,33-40H2,1-32H3;/q-2;+2. The van der Waals surface area contributed by atoms with Gasteiger partial charge in [-0.1, -0.05) is 267 Å². The number of nitrogens with zero attached hydrogens (tertiary/aromatic N) is 4. The van der Waals surface area contributed by atoms with Gasteiger partial charge in [-0.3, -0.25) is 0 Å². The van der Waals surface area contributed by atoms with Crippen LogP contribution in [0, 0.1) is 45.9 Å². The summed E-state index contributed by atoms with van der Waals surface area (Å²) < 4.78 is 0. The van der Waals surface area contributed by atoms with Crippen molar-refractivity contribution in [2.45, 2.75) is 339 Å². The van der Waals surface area contributed by atoms with Crippen LogP contribution < -0.4 is 9.97 Å². The van der Waals surface area contributed by atoms with Gasteiger partial charge < -0.3 is 9.97 Å². The van der Waals surface area contributed by atoms with E-state index < -0.39 is 32.3 Å². The molecule has 0 saturated heterocycles. The van der Waals surface area contributed by atoms with E-state index in [0.29, 0.717) is 66.5 Å². The zero-order chi connectivity index (χ0) is 66.6. The molecule has 490 valence electrons. The predicted molar refractivity (Wildman–Crippen MR) is 403 cm³/mol. The Hall–Kier alpha value is -3.60. The molecule has 0 atom stereocenters. The molecular formula is C80H124N4PtSi4. The molecule has 89 heavy (non-hydrogen) atoms. The SMILES string of the molecule is CCC1=C(CC)c2nc1c(C#C[Si](C(C)C)(C(C)C)C(C)C)c1[n-]c(c(C#C[Si](C(C)C)(C(C)C)C(C)C)c3nc(c(C#C[Si](C(C)C)(C(C)C)C(C)C)c4[n-]c(c2C#C[Si](C(C)C)(C(C)C)C(C)C)c(CC)c4CC)C(CC)=C3CC)c(CC)c1CC.[Pt+2]. The molecule has 0 saturated carbocycles. The molecule has 8 bridgehead atoms.